The number of esters is 1. The van der Waals surface area contributed by atoms with E-state index >= 15 is 0 Å². The lowest BCUT2D eigenvalue weighted by Crippen LogP contribution is -2.32. The lowest BCUT2D eigenvalue weighted by Gasteiger charge is -2.24. The molecule has 0 aromatic rings. The van der Waals surface area contributed by atoms with Gasteiger partial charge in [-0.1, -0.05) is 6.42 Å². The molecule has 2 rings (SSSR count). The highest BCUT2D eigenvalue weighted by Crippen LogP contribution is 2.26. The lowest BCUT2D eigenvalue weighted by molar-refractivity contribution is -0.146. The third-order valence-corrected chi connectivity index (χ3v) is 5.16. The molecule has 2 unspecified atom stereocenters. The van der Waals surface area contributed by atoms with Crippen molar-refractivity contribution in [2.75, 3.05) is 30.5 Å². The van der Waals surface area contributed by atoms with Crippen molar-refractivity contribution in [2.45, 2.75) is 30.6 Å². The molecule has 2 saturated heterocycles. The van der Waals surface area contributed by atoms with Gasteiger partial charge in [-0.15, -0.1) is 11.8 Å². The fourth-order valence-corrected chi connectivity index (χ4v) is 3.86. The number of thioether (sulfide) groups is 2. The standard InChI is InChI=1S/C11H18O3S2/c12-11(10-3-1-2-5-16-10)14-7-9-8-15-6-4-13-9/h9-10H,1-8H2. The highest BCUT2D eigenvalue weighted by Gasteiger charge is 2.24. The molecule has 0 saturated carbocycles. The second-order valence-electron chi connectivity index (χ2n) is 4.05. The average Bonchev–Trinajstić information content (AvgIpc) is 2.38. The van der Waals surface area contributed by atoms with Gasteiger partial charge in [-0.3, -0.25) is 4.79 Å². The van der Waals surface area contributed by atoms with Gasteiger partial charge in [0.25, 0.3) is 0 Å². The summed E-state index contributed by atoms with van der Waals surface area (Å²) in [6.07, 6.45) is 3.47. The molecule has 0 aliphatic carbocycles. The van der Waals surface area contributed by atoms with E-state index in [0.717, 1.165) is 36.7 Å². The topological polar surface area (TPSA) is 35.5 Å². The van der Waals surface area contributed by atoms with E-state index in [1.54, 1.807) is 11.8 Å². The van der Waals surface area contributed by atoms with Gasteiger partial charge in [-0.25, -0.2) is 0 Å². The van der Waals surface area contributed by atoms with Gasteiger partial charge in [0, 0.05) is 11.5 Å². The smallest absolute Gasteiger partial charge is 0.319 e. The summed E-state index contributed by atoms with van der Waals surface area (Å²) in [7, 11) is 0. The number of ether oxygens (including phenoxy) is 2. The number of hydrogen-bond donors (Lipinski definition) is 0. The van der Waals surface area contributed by atoms with Crippen LogP contribution in [0.25, 0.3) is 0 Å². The first-order valence-corrected chi connectivity index (χ1v) is 8.04. The molecule has 0 radical (unpaired) electrons. The monoisotopic (exact) mass is 262 g/mol. The Labute approximate surface area is 105 Å². The second kappa shape index (κ2) is 6.77. The van der Waals surface area contributed by atoms with Crippen LogP contribution in [-0.4, -0.2) is 47.8 Å². The van der Waals surface area contributed by atoms with Crippen molar-refractivity contribution in [3.8, 4) is 0 Å². The van der Waals surface area contributed by atoms with Gasteiger partial charge >= 0.3 is 5.97 Å². The minimum absolute atomic E-state index is 0.0381. The second-order valence-corrected chi connectivity index (χ2v) is 6.51. The molecule has 2 fully saturated rings. The number of rotatable bonds is 3. The number of hydrogen-bond acceptors (Lipinski definition) is 5. The Morgan fingerprint density at radius 2 is 2.31 bits per heavy atom. The molecule has 0 spiro atoms. The Kier molecular flexibility index (Phi) is 5.32. The van der Waals surface area contributed by atoms with Gasteiger partial charge in [0.2, 0.25) is 0 Å². The van der Waals surface area contributed by atoms with Crippen molar-refractivity contribution in [3.05, 3.63) is 0 Å². The number of carbonyl (C=O) groups excluding carboxylic acids is 1. The quantitative estimate of drug-likeness (QED) is 0.726. The molecule has 5 heteroatoms. The van der Waals surface area contributed by atoms with E-state index in [1.165, 1.54) is 6.42 Å². The van der Waals surface area contributed by atoms with Crippen LogP contribution in [0.5, 0.6) is 0 Å². The SMILES string of the molecule is O=C(OCC1CSCCO1)C1CCCCS1. The van der Waals surface area contributed by atoms with Crippen LogP contribution in [0.15, 0.2) is 0 Å². The van der Waals surface area contributed by atoms with Crippen LogP contribution in [0.2, 0.25) is 0 Å². The fraction of sp³-hybridized carbons (Fsp3) is 0.909. The first-order valence-electron chi connectivity index (χ1n) is 5.84. The van der Waals surface area contributed by atoms with Crippen molar-refractivity contribution < 1.29 is 14.3 Å². The van der Waals surface area contributed by atoms with Crippen LogP contribution in [0.1, 0.15) is 19.3 Å². The third-order valence-electron chi connectivity index (χ3n) is 2.74. The largest absolute Gasteiger partial charge is 0.462 e. The van der Waals surface area contributed by atoms with Crippen LogP contribution in [0.3, 0.4) is 0 Å². The molecular weight excluding hydrogens is 244 g/mol. The Balaban J connectivity index is 1.65. The predicted molar refractivity (Wildman–Crippen MR) is 68.1 cm³/mol. The summed E-state index contributed by atoms with van der Waals surface area (Å²) in [5, 5.41) is 0.0741. The summed E-state index contributed by atoms with van der Waals surface area (Å²) in [6.45, 7) is 1.22. The lowest BCUT2D eigenvalue weighted by atomic mass is 10.2. The molecular formula is C11H18O3S2. The summed E-state index contributed by atoms with van der Waals surface area (Å²) in [4.78, 5) is 11.7. The molecule has 0 N–H and O–H groups in total. The molecule has 2 atom stereocenters. The molecule has 2 aliphatic rings. The number of carbonyl (C=O) groups is 1. The zero-order valence-electron chi connectivity index (χ0n) is 9.35. The molecule has 16 heavy (non-hydrogen) atoms. The van der Waals surface area contributed by atoms with E-state index in [4.69, 9.17) is 9.47 Å². The van der Waals surface area contributed by atoms with E-state index in [2.05, 4.69) is 0 Å². The molecule has 0 aromatic heterocycles. The minimum Gasteiger partial charge on any atom is -0.462 e. The predicted octanol–water partition coefficient (Wildman–Crippen LogP) is 1.95. The molecule has 0 aromatic carbocycles. The van der Waals surface area contributed by atoms with Gasteiger partial charge in [0.15, 0.2) is 0 Å². The van der Waals surface area contributed by atoms with E-state index < -0.39 is 0 Å². The fourth-order valence-electron chi connectivity index (χ4n) is 1.83. The summed E-state index contributed by atoms with van der Waals surface area (Å²) in [5.41, 5.74) is 0. The van der Waals surface area contributed by atoms with Gasteiger partial charge < -0.3 is 9.47 Å². The van der Waals surface area contributed by atoms with E-state index in [9.17, 15) is 4.79 Å². The highest BCUT2D eigenvalue weighted by molar-refractivity contribution is 8.00. The van der Waals surface area contributed by atoms with E-state index in [0.29, 0.717) is 6.61 Å². The molecule has 3 nitrogen and oxygen atoms in total. The maximum absolute atomic E-state index is 11.7. The Morgan fingerprint density at radius 1 is 1.38 bits per heavy atom. The van der Waals surface area contributed by atoms with Crippen LogP contribution in [0, 0.1) is 0 Å². The van der Waals surface area contributed by atoms with Crippen LogP contribution < -0.4 is 0 Å². The molecule has 0 bridgehead atoms. The highest BCUT2D eigenvalue weighted by atomic mass is 32.2. The minimum atomic E-state index is -0.0381. The van der Waals surface area contributed by atoms with Crippen molar-refractivity contribution in [1.29, 1.82) is 0 Å². The van der Waals surface area contributed by atoms with Crippen molar-refractivity contribution >= 4 is 29.5 Å². The van der Waals surface area contributed by atoms with Crippen molar-refractivity contribution in [3.63, 3.8) is 0 Å². The summed E-state index contributed by atoms with van der Waals surface area (Å²) >= 11 is 3.61. The zero-order valence-corrected chi connectivity index (χ0v) is 11.0. The molecule has 92 valence electrons. The summed E-state index contributed by atoms with van der Waals surface area (Å²) in [5.74, 6) is 3.06. The van der Waals surface area contributed by atoms with Crippen LogP contribution in [-0.2, 0) is 14.3 Å². The first-order chi connectivity index (χ1) is 7.86. The third kappa shape index (κ3) is 3.86. The summed E-state index contributed by atoms with van der Waals surface area (Å²) in [6, 6.07) is 0. The van der Waals surface area contributed by atoms with Gasteiger partial charge in [0.1, 0.15) is 18.0 Å². The molecule has 2 aliphatic heterocycles. The Morgan fingerprint density at radius 3 is 3.00 bits per heavy atom. The van der Waals surface area contributed by atoms with Gasteiger partial charge in [-0.05, 0) is 18.6 Å². The summed E-state index contributed by atoms with van der Waals surface area (Å²) < 4.78 is 10.8. The van der Waals surface area contributed by atoms with Gasteiger partial charge in [0.05, 0.1) is 6.61 Å². The molecule has 0 amide bonds. The van der Waals surface area contributed by atoms with Crippen LogP contribution in [0.4, 0.5) is 0 Å². The van der Waals surface area contributed by atoms with E-state index in [-0.39, 0.29) is 17.3 Å². The van der Waals surface area contributed by atoms with Gasteiger partial charge in [-0.2, -0.15) is 11.8 Å². The van der Waals surface area contributed by atoms with Crippen LogP contribution >= 0.6 is 23.5 Å². The average molecular weight is 262 g/mol. The van der Waals surface area contributed by atoms with E-state index in [1.807, 2.05) is 11.8 Å². The first kappa shape index (κ1) is 12.6. The Hall–Kier alpha value is 0.130. The Bertz CT molecular complexity index is 223. The maximum atomic E-state index is 11.7. The maximum Gasteiger partial charge on any atom is 0.319 e. The molecule has 2 heterocycles. The normalized spacial score (nSPS) is 31.0. The zero-order chi connectivity index (χ0) is 11.2. The van der Waals surface area contributed by atoms with Crippen molar-refractivity contribution in [2.24, 2.45) is 0 Å². The van der Waals surface area contributed by atoms with Crippen molar-refractivity contribution in [1.82, 2.24) is 0 Å².